The van der Waals surface area contributed by atoms with Crippen LogP contribution in [-0.2, 0) is 6.18 Å². The lowest BCUT2D eigenvalue weighted by Crippen LogP contribution is -2.29. The maximum atomic E-state index is 13.9. The summed E-state index contributed by atoms with van der Waals surface area (Å²) in [5.41, 5.74) is 4.58. The molecule has 1 aliphatic heterocycles. The average Bonchev–Trinajstić information content (AvgIpc) is 3.34. The number of para-hydroxylation sites is 1. The second-order valence-corrected chi connectivity index (χ2v) is 9.40. The molecule has 0 radical (unpaired) electrons. The predicted molar refractivity (Wildman–Crippen MR) is 139 cm³/mol. The molecule has 1 aliphatic rings. The number of nitrogens with zero attached hydrogens (tertiary/aromatic N) is 3. The fourth-order valence-corrected chi connectivity index (χ4v) is 5.37. The second kappa shape index (κ2) is 9.09. The van der Waals surface area contributed by atoms with Gasteiger partial charge in [0, 0.05) is 23.3 Å². The molecule has 1 N–H and O–H groups in total. The van der Waals surface area contributed by atoms with Crippen LogP contribution in [0.4, 0.5) is 18.9 Å². The van der Waals surface area contributed by atoms with Gasteiger partial charge >= 0.3 is 6.18 Å². The minimum atomic E-state index is -4.47. The maximum Gasteiger partial charge on any atom is 0.418 e. The minimum Gasteiger partial charge on any atom is -0.351 e. The van der Waals surface area contributed by atoms with Crippen LogP contribution in [0, 0.1) is 20.8 Å². The summed E-state index contributed by atoms with van der Waals surface area (Å²) in [6.45, 7) is 5.71. The third kappa shape index (κ3) is 4.15. The SMILES string of the molecule is Cc1ccc(N2C(=S)N[C@@H](c3ccccn3)[C@@H]2c2cc(C)n(-c3ccccc3C(F)(F)F)c2C)cc1. The molecule has 2 atom stereocenters. The average molecular weight is 507 g/mol. The van der Waals surface area contributed by atoms with Gasteiger partial charge < -0.3 is 14.8 Å². The lowest BCUT2D eigenvalue weighted by atomic mass is 9.96. The molecule has 8 heteroatoms. The van der Waals surface area contributed by atoms with E-state index in [0.717, 1.165) is 34.3 Å². The van der Waals surface area contributed by atoms with Crippen LogP contribution in [0.25, 0.3) is 5.69 Å². The van der Waals surface area contributed by atoms with E-state index in [1.165, 1.54) is 12.1 Å². The summed E-state index contributed by atoms with van der Waals surface area (Å²) in [4.78, 5) is 6.61. The van der Waals surface area contributed by atoms with Crippen molar-refractivity contribution in [3.8, 4) is 5.69 Å². The fraction of sp³-hybridized carbons (Fsp3) is 0.214. The van der Waals surface area contributed by atoms with Gasteiger partial charge in [0.05, 0.1) is 29.0 Å². The number of aryl methyl sites for hydroxylation is 2. The molecule has 0 spiro atoms. The van der Waals surface area contributed by atoms with Gasteiger partial charge in [0.1, 0.15) is 0 Å². The summed E-state index contributed by atoms with van der Waals surface area (Å²) in [5.74, 6) is 0. The van der Waals surface area contributed by atoms with Gasteiger partial charge in [0.25, 0.3) is 0 Å². The number of pyridine rings is 1. The number of hydrogen-bond acceptors (Lipinski definition) is 2. The van der Waals surface area contributed by atoms with E-state index in [1.54, 1.807) is 16.8 Å². The van der Waals surface area contributed by atoms with E-state index in [4.69, 9.17) is 12.2 Å². The first-order chi connectivity index (χ1) is 17.2. The molecule has 4 aromatic rings. The number of rotatable bonds is 4. The number of benzene rings is 2. The van der Waals surface area contributed by atoms with Gasteiger partial charge in [-0.3, -0.25) is 4.98 Å². The van der Waals surface area contributed by atoms with Crippen molar-refractivity contribution in [1.82, 2.24) is 14.9 Å². The molecule has 0 bridgehead atoms. The molecular weight excluding hydrogens is 481 g/mol. The number of halogens is 3. The van der Waals surface area contributed by atoms with Gasteiger partial charge in [-0.05, 0) is 81.0 Å². The van der Waals surface area contributed by atoms with Crippen LogP contribution in [0.15, 0.2) is 79.0 Å². The van der Waals surface area contributed by atoms with Crippen molar-refractivity contribution in [3.05, 3.63) is 113 Å². The number of alkyl halides is 3. The Balaban J connectivity index is 1.70. The van der Waals surface area contributed by atoms with E-state index in [1.807, 2.05) is 74.2 Å². The Morgan fingerprint density at radius 1 is 0.917 bits per heavy atom. The molecule has 0 saturated carbocycles. The molecule has 1 saturated heterocycles. The maximum absolute atomic E-state index is 13.9. The monoisotopic (exact) mass is 506 g/mol. The summed E-state index contributed by atoms with van der Waals surface area (Å²) >= 11 is 5.79. The highest BCUT2D eigenvalue weighted by molar-refractivity contribution is 7.80. The molecule has 0 unspecified atom stereocenters. The zero-order chi connectivity index (χ0) is 25.6. The Morgan fingerprint density at radius 3 is 2.28 bits per heavy atom. The van der Waals surface area contributed by atoms with Crippen LogP contribution >= 0.6 is 12.2 Å². The molecule has 2 aromatic carbocycles. The number of aromatic nitrogens is 2. The van der Waals surface area contributed by atoms with E-state index < -0.39 is 11.7 Å². The fourth-order valence-electron chi connectivity index (χ4n) is 5.02. The molecule has 36 heavy (non-hydrogen) atoms. The standard InChI is InChI=1S/C28H25F3N4S/c1-17-11-13-20(14-12-17)35-26(25(33-27(35)36)23-9-6-7-15-32-23)21-16-18(2)34(19(21)3)24-10-5-4-8-22(24)28(29,30)31/h4-16,25-26H,1-3H3,(H,33,36)/t25-,26-/m0/s1. The van der Waals surface area contributed by atoms with Crippen LogP contribution in [0.1, 0.15) is 45.9 Å². The molecule has 4 nitrogen and oxygen atoms in total. The van der Waals surface area contributed by atoms with E-state index >= 15 is 0 Å². The lowest BCUT2D eigenvalue weighted by molar-refractivity contribution is -0.137. The molecule has 0 amide bonds. The quantitative estimate of drug-likeness (QED) is 0.302. The van der Waals surface area contributed by atoms with Gasteiger partial charge in [-0.2, -0.15) is 13.2 Å². The van der Waals surface area contributed by atoms with Gasteiger partial charge in [-0.15, -0.1) is 0 Å². The highest BCUT2D eigenvalue weighted by Crippen LogP contribution is 2.44. The Morgan fingerprint density at radius 2 is 1.61 bits per heavy atom. The van der Waals surface area contributed by atoms with Gasteiger partial charge in [0.2, 0.25) is 0 Å². The van der Waals surface area contributed by atoms with Gasteiger partial charge in [-0.25, -0.2) is 0 Å². The zero-order valence-electron chi connectivity index (χ0n) is 20.0. The highest BCUT2D eigenvalue weighted by atomic mass is 32.1. The molecule has 2 aromatic heterocycles. The summed E-state index contributed by atoms with van der Waals surface area (Å²) < 4.78 is 43.4. The van der Waals surface area contributed by atoms with E-state index in [2.05, 4.69) is 10.3 Å². The first-order valence-electron chi connectivity index (χ1n) is 11.6. The van der Waals surface area contributed by atoms with Crippen molar-refractivity contribution >= 4 is 23.0 Å². The van der Waals surface area contributed by atoms with E-state index in [9.17, 15) is 13.2 Å². The van der Waals surface area contributed by atoms with Crippen molar-refractivity contribution in [3.63, 3.8) is 0 Å². The number of hydrogen-bond donors (Lipinski definition) is 1. The second-order valence-electron chi connectivity index (χ2n) is 9.01. The van der Waals surface area contributed by atoms with Crippen molar-refractivity contribution in [2.24, 2.45) is 0 Å². The molecule has 1 fully saturated rings. The Hall–Kier alpha value is -3.65. The van der Waals surface area contributed by atoms with Crippen LogP contribution < -0.4 is 10.2 Å². The topological polar surface area (TPSA) is 33.1 Å². The predicted octanol–water partition coefficient (Wildman–Crippen LogP) is 6.99. The largest absolute Gasteiger partial charge is 0.418 e. The van der Waals surface area contributed by atoms with Crippen molar-refractivity contribution in [2.75, 3.05) is 4.90 Å². The molecule has 184 valence electrons. The molecule has 0 aliphatic carbocycles. The first-order valence-corrected chi connectivity index (χ1v) is 12.0. The van der Waals surface area contributed by atoms with Crippen LogP contribution in [0.2, 0.25) is 0 Å². The van der Waals surface area contributed by atoms with Crippen molar-refractivity contribution in [1.29, 1.82) is 0 Å². The minimum absolute atomic E-state index is 0.107. The number of thiocarbonyl (C=S) groups is 1. The van der Waals surface area contributed by atoms with Crippen molar-refractivity contribution in [2.45, 2.75) is 39.0 Å². The number of nitrogens with one attached hydrogen (secondary N) is 1. The summed E-state index contributed by atoms with van der Waals surface area (Å²) in [7, 11) is 0. The van der Waals surface area contributed by atoms with Gasteiger partial charge in [-0.1, -0.05) is 35.9 Å². The first kappa shape index (κ1) is 24.1. The summed E-state index contributed by atoms with van der Waals surface area (Å²) in [6.07, 6.45) is -2.74. The Labute approximate surface area is 213 Å². The molecule has 3 heterocycles. The normalized spacial score (nSPS) is 17.9. The third-order valence-corrected chi connectivity index (χ3v) is 6.96. The Kier molecular flexibility index (Phi) is 6.08. The Bertz CT molecular complexity index is 1410. The lowest BCUT2D eigenvalue weighted by Gasteiger charge is -2.28. The summed E-state index contributed by atoms with van der Waals surface area (Å²) in [5, 5.41) is 3.96. The van der Waals surface area contributed by atoms with Crippen molar-refractivity contribution < 1.29 is 13.2 Å². The van der Waals surface area contributed by atoms with Gasteiger partial charge in [0.15, 0.2) is 5.11 Å². The highest BCUT2D eigenvalue weighted by Gasteiger charge is 2.42. The van der Waals surface area contributed by atoms with E-state index in [-0.39, 0.29) is 17.8 Å². The smallest absolute Gasteiger partial charge is 0.351 e. The van der Waals surface area contributed by atoms with Crippen LogP contribution in [0.5, 0.6) is 0 Å². The zero-order valence-corrected chi connectivity index (χ0v) is 20.9. The molecule has 5 rings (SSSR count). The van der Waals surface area contributed by atoms with Crippen LogP contribution in [-0.4, -0.2) is 14.7 Å². The number of anilines is 1. The van der Waals surface area contributed by atoms with Crippen LogP contribution in [0.3, 0.4) is 0 Å². The third-order valence-electron chi connectivity index (χ3n) is 6.65. The summed E-state index contributed by atoms with van der Waals surface area (Å²) in [6, 6.07) is 20.8. The van der Waals surface area contributed by atoms with E-state index in [0.29, 0.717) is 10.8 Å². The molecular formula is C28H25F3N4S.